The Morgan fingerprint density at radius 2 is 1.71 bits per heavy atom. The largest absolute Gasteiger partial charge is 0.481 e. The number of rotatable bonds is 9. The molecule has 4 nitrogen and oxygen atoms in total. The summed E-state index contributed by atoms with van der Waals surface area (Å²) in [6, 6.07) is 0. The Hall–Kier alpha value is -1.27. The van der Waals surface area contributed by atoms with Gasteiger partial charge in [0, 0.05) is 6.42 Å². The highest BCUT2D eigenvalue weighted by Gasteiger charge is 2.37. The molecule has 1 N–H and O–H groups in total. The number of aliphatic carboxylic acids is 1. The molecule has 0 bridgehead atoms. The predicted molar refractivity (Wildman–Crippen MR) is 70.6 cm³/mol. The van der Waals surface area contributed by atoms with Gasteiger partial charge in [-0.05, 0) is 18.8 Å². The first kappa shape index (κ1) is 19.7. The summed E-state index contributed by atoms with van der Waals surface area (Å²) in [4.78, 5) is 23.1. The lowest BCUT2D eigenvalue weighted by atomic mass is 9.85. The zero-order valence-electron chi connectivity index (χ0n) is 12.6. The Labute approximate surface area is 122 Å². The Bertz CT molecular complexity index is 340. The van der Waals surface area contributed by atoms with E-state index in [1.165, 1.54) is 0 Å². The molecular formula is C14H23F3O4. The van der Waals surface area contributed by atoms with Gasteiger partial charge in [-0.2, -0.15) is 13.2 Å². The summed E-state index contributed by atoms with van der Waals surface area (Å²) in [5, 5.41) is 9.12. The van der Waals surface area contributed by atoms with Crippen LogP contribution in [-0.4, -0.2) is 29.8 Å². The number of esters is 1. The van der Waals surface area contributed by atoms with E-state index in [4.69, 9.17) is 9.84 Å². The van der Waals surface area contributed by atoms with E-state index >= 15 is 0 Å². The number of halogens is 3. The number of ether oxygens (including phenoxy) is 1. The lowest BCUT2D eigenvalue weighted by molar-refractivity contribution is -0.163. The van der Waals surface area contributed by atoms with E-state index < -0.39 is 42.8 Å². The van der Waals surface area contributed by atoms with Crippen molar-refractivity contribution < 1.29 is 32.6 Å². The Morgan fingerprint density at radius 1 is 1.14 bits per heavy atom. The molecule has 0 saturated heterocycles. The predicted octanol–water partition coefficient (Wildman–Crippen LogP) is 3.65. The normalized spacial score (nSPS) is 14.8. The van der Waals surface area contributed by atoms with Crippen LogP contribution in [-0.2, 0) is 14.3 Å². The Kier molecular flexibility index (Phi) is 8.36. The monoisotopic (exact) mass is 312 g/mol. The summed E-state index contributed by atoms with van der Waals surface area (Å²) in [5.74, 6) is -4.44. The van der Waals surface area contributed by atoms with Crippen molar-refractivity contribution in [3.05, 3.63) is 0 Å². The van der Waals surface area contributed by atoms with E-state index in [9.17, 15) is 22.8 Å². The van der Waals surface area contributed by atoms with Gasteiger partial charge >= 0.3 is 18.1 Å². The molecule has 0 radical (unpaired) electrons. The third-order valence-corrected chi connectivity index (χ3v) is 3.00. The van der Waals surface area contributed by atoms with Crippen LogP contribution >= 0.6 is 0 Å². The third-order valence-electron chi connectivity index (χ3n) is 3.00. The molecule has 0 aliphatic heterocycles. The zero-order chi connectivity index (χ0) is 16.6. The van der Waals surface area contributed by atoms with E-state index in [1.807, 2.05) is 13.8 Å². The topological polar surface area (TPSA) is 63.6 Å². The third kappa shape index (κ3) is 8.57. The zero-order valence-corrected chi connectivity index (χ0v) is 12.6. The lowest BCUT2D eigenvalue weighted by Crippen LogP contribution is -2.33. The first-order chi connectivity index (χ1) is 9.58. The van der Waals surface area contributed by atoms with Crippen LogP contribution in [0.3, 0.4) is 0 Å². The lowest BCUT2D eigenvalue weighted by Gasteiger charge is -2.23. The molecule has 0 aromatic heterocycles. The number of alkyl halides is 3. The molecular weight excluding hydrogens is 289 g/mol. The van der Waals surface area contributed by atoms with Crippen LogP contribution in [0.1, 0.15) is 46.5 Å². The fourth-order valence-electron chi connectivity index (χ4n) is 1.97. The van der Waals surface area contributed by atoms with Crippen molar-refractivity contribution in [2.24, 2.45) is 17.8 Å². The van der Waals surface area contributed by atoms with Gasteiger partial charge in [0.15, 0.2) is 0 Å². The number of carbonyl (C=O) groups excluding carboxylic acids is 1. The molecule has 2 atom stereocenters. The molecule has 0 aliphatic rings. The quantitative estimate of drug-likeness (QED) is 0.660. The summed E-state index contributed by atoms with van der Waals surface area (Å²) < 4.78 is 41.8. The van der Waals surface area contributed by atoms with Crippen LogP contribution < -0.4 is 0 Å². The molecule has 0 rings (SSSR count). The summed E-state index contributed by atoms with van der Waals surface area (Å²) in [6.45, 7) is 5.51. The summed E-state index contributed by atoms with van der Waals surface area (Å²) in [5.41, 5.74) is 0. The van der Waals surface area contributed by atoms with Gasteiger partial charge in [0.1, 0.15) is 0 Å². The molecule has 0 aliphatic carbocycles. The van der Waals surface area contributed by atoms with Gasteiger partial charge in [-0.1, -0.05) is 27.2 Å². The van der Waals surface area contributed by atoms with Crippen molar-refractivity contribution >= 4 is 11.9 Å². The van der Waals surface area contributed by atoms with E-state index in [-0.39, 0.29) is 18.9 Å². The van der Waals surface area contributed by atoms with Crippen LogP contribution in [0.4, 0.5) is 13.2 Å². The average Bonchev–Trinajstić information content (AvgIpc) is 2.33. The van der Waals surface area contributed by atoms with Crippen LogP contribution in [0.15, 0.2) is 0 Å². The summed E-state index contributed by atoms with van der Waals surface area (Å²) >= 11 is 0. The van der Waals surface area contributed by atoms with Gasteiger partial charge in [0.05, 0.1) is 18.4 Å². The van der Waals surface area contributed by atoms with Gasteiger partial charge in [-0.25, -0.2) is 0 Å². The minimum Gasteiger partial charge on any atom is -0.481 e. The highest BCUT2D eigenvalue weighted by Crippen LogP contribution is 2.30. The van der Waals surface area contributed by atoms with Crippen molar-refractivity contribution in [1.29, 1.82) is 0 Å². The van der Waals surface area contributed by atoms with Gasteiger partial charge in [-0.15, -0.1) is 0 Å². The molecule has 0 spiro atoms. The maximum atomic E-state index is 12.3. The van der Waals surface area contributed by atoms with E-state index in [2.05, 4.69) is 0 Å². The fourth-order valence-corrected chi connectivity index (χ4v) is 1.97. The van der Waals surface area contributed by atoms with Crippen molar-refractivity contribution in [2.75, 3.05) is 6.61 Å². The highest BCUT2D eigenvalue weighted by atomic mass is 19.4. The van der Waals surface area contributed by atoms with Crippen LogP contribution in [0.25, 0.3) is 0 Å². The molecule has 0 amide bonds. The summed E-state index contributed by atoms with van der Waals surface area (Å²) in [7, 11) is 0. The highest BCUT2D eigenvalue weighted by molar-refractivity contribution is 5.81. The second kappa shape index (κ2) is 8.89. The molecule has 0 aromatic rings. The second-order valence-corrected chi connectivity index (χ2v) is 5.52. The number of hydrogen-bond acceptors (Lipinski definition) is 3. The van der Waals surface area contributed by atoms with E-state index in [1.54, 1.807) is 6.92 Å². The molecule has 7 heteroatoms. The van der Waals surface area contributed by atoms with Crippen molar-refractivity contribution in [3.63, 3.8) is 0 Å². The van der Waals surface area contributed by atoms with Gasteiger partial charge < -0.3 is 9.84 Å². The number of hydrogen-bond donors (Lipinski definition) is 1. The second-order valence-electron chi connectivity index (χ2n) is 5.52. The Balaban J connectivity index is 4.89. The molecule has 21 heavy (non-hydrogen) atoms. The van der Waals surface area contributed by atoms with Gasteiger partial charge in [0.2, 0.25) is 0 Å². The Morgan fingerprint density at radius 3 is 2.10 bits per heavy atom. The summed E-state index contributed by atoms with van der Waals surface area (Å²) in [6.07, 6.45) is -5.57. The van der Waals surface area contributed by atoms with Crippen LogP contribution in [0.2, 0.25) is 0 Å². The molecule has 0 saturated carbocycles. The van der Waals surface area contributed by atoms with Gasteiger partial charge in [-0.3, -0.25) is 9.59 Å². The van der Waals surface area contributed by atoms with Crippen molar-refractivity contribution in [1.82, 2.24) is 0 Å². The average molecular weight is 312 g/mol. The maximum Gasteiger partial charge on any atom is 0.389 e. The first-order valence-corrected chi connectivity index (χ1v) is 7.04. The fraction of sp³-hybridized carbons (Fsp3) is 0.857. The van der Waals surface area contributed by atoms with E-state index in [0.29, 0.717) is 6.42 Å². The van der Waals surface area contributed by atoms with Crippen LogP contribution in [0, 0.1) is 17.8 Å². The molecule has 0 heterocycles. The molecule has 0 aromatic carbocycles. The minimum atomic E-state index is -4.44. The number of carboxylic acids is 1. The molecule has 0 fully saturated rings. The van der Waals surface area contributed by atoms with Gasteiger partial charge in [0.25, 0.3) is 0 Å². The van der Waals surface area contributed by atoms with E-state index in [0.717, 1.165) is 0 Å². The maximum absolute atomic E-state index is 12.3. The smallest absolute Gasteiger partial charge is 0.389 e. The standard InChI is InChI=1S/C14H23F3O4/c1-4-5-11(13(20)21-8-9(2)3)10(12(18)19)6-7-14(15,16)17/h9-11H,4-8H2,1-3H3,(H,18,19). The number of carbonyl (C=O) groups is 2. The minimum absolute atomic E-state index is 0.0784. The van der Waals surface area contributed by atoms with Crippen molar-refractivity contribution in [2.45, 2.75) is 52.6 Å². The first-order valence-electron chi connectivity index (χ1n) is 7.04. The number of carboxylic acid groups (broad SMARTS) is 1. The SMILES string of the molecule is CCCC(C(=O)OCC(C)C)C(CCC(F)(F)F)C(=O)O. The van der Waals surface area contributed by atoms with Crippen molar-refractivity contribution in [3.8, 4) is 0 Å². The molecule has 2 unspecified atom stereocenters. The van der Waals surface area contributed by atoms with Crippen LogP contribution in [0.5, 0.6) is 0 Å². The molecule has 124 valence electrons.